The van der Waals surface area contributed by atoms with E-state index in [1.807, 2.05) is 6.92 Å². The second kappa shape index (κ2) is 8.20. The van der Waals surface area contributed by atoms with Crippen LogP contribution in [0.1, 0.15) is 39.7 Å². The summed E-state index contributed by atoms with van der Waals surface area (Å²) in [5, 5.41) is 3.88. The molecule has 0 saturated heterocycles. The van der Waals surface area contributed by atoms with Gasteiger partial charge in [0, 0.05) is 19.4 Å². The zero-order valence-corrected chi connectivity index (χ0v) is 15.7. The first-order valence-electron chi connectivity index (χ1n) is 8.57. The molecule has 148 valence electrons. The minimum Gasteiger partial charge on any atom is -0.488 e. The first-order chi connectivity index (χ1) is 13.4. The summed E-state index contributed by atoms with van der Waals surface area (Å²) >= 11 is 0. The predicted molar refractivity (Wildman–Crippen MR) is 96.0 cm³/mol. The third kappa shape index (κ3) is 4.03. The Morgan fingerprint density at radius 2 is 2.07 bits per heavy atom. The van der Waals surface area contributed by atoms with Crippen molar-refractivity contribution in [3.05, 3.63) is 65.1 Å². The van der Waals surface area contributed by atoms with Crippen molar-refractivity contribution in [1.82, 2.24) is 19.6 Å². The molecule has 3 aromatic rings. The second-order valence-electron chi connectivity index (χ2n) is 6.28. The summed E-state index contributed by atoms with van der Waals surface area (Å²) in [5.41, 5.74) is 1.86. The normalized spacial score (nSPS) is 11.1. The number of aromatic nitrogens is 3. The zero-order chi connectivity index (χ0) is 20.3. The quantitative estimate of drug-likeness (QED) is 0.615. The molecule has 0 aliphatic carbocycles. The largest absolute Gasteiger partial charge is 0.488 e. The lowest BCUT2D eigenvalue weighted by atomic mass is 10.1. The first kappa shape index (κ1) is 19.5. The number of rotatable bonds is 7. The van der Waals surface area contributed by atoms with Crippen LogP contribution < -0.4 is 4.74 Å². The summed E-state index contributed by atoms with van der Waals surface area (Å²) in [6.07, 6.45) is 2.46. The minimum atomic E-state index is -2.72. The van der Waals surface area contributed by atoms with Crippen LogP contribution in [0.15, 0.2) is 41.2 Å². The zero-order valence-electron chi connectivity index (χ0n) is 15.7. The monoisotopic (exact) mass is 390 g/mol. The lowest BCUT2D eigenvalue weighted by Gasteiger charge is -2.19. The van der Waals surface area contributed by atoms with Crippen LogP contribution in [0.25, 0.3) is 0 Å². The van der Waals surface area contributed by atoms with Crippen LogP contribution in [0.3, 0.4) is 0 Å². The van der Waals surface area contributed by atoms with E-state index in [2.05, 4.69) is 10.1 Å². The topological polar surface area (TPSA) is 73.4 Å². The Morgan fingerprint density at radius 3 is 2.75 bits per heavy atom. The smallest absolute Gasteiger partial charge is 0.319 e. The number of imidazole rings is 1. The molecule has 0 radical (unpaired) electrons. The molecule has 2 aromatic heterocycles. The molecule has 0 bridgehead atoms. The Labute approximate surface area is 160 Å². The van der Waals surface area contributed by atoms with Crippen molar-refractivity contribution >= 4 is 5.91 Å². The van der Waals surface area contributed by atoms with E-state index in [0.717, 1.165) is 15.8 Å². The number of halogens is 2. The molecule has 7 nitrogen and oxygen atoms in total. The highest BCUT2D eigenvalue weighted by Crippen LogP contribution is 2.23. The molecular weight excluding hydrogens is 370 g/mol. The van der Waals surface area contributed by atoms with Gasteiger partial charge < -0.3 is 14.2 Å². The average Bonchev–Trinajstić information content (AvgIpc) is 3.26. The Kier molecular flexibility index (Phi) is 5.72. The molecule has 1 amide bonds. The molecule has 0 saturated carbocycles. The highest BCUT2D eigenvalue weighted by Gasteiger charge is 2.20. The van der Waals surface area contributed by atoms with Crippen molar-refractivity contribution in [1.29, 1.82) is 0 Å². The Hall–Kier alpha value is -3.23. The van der Waals surface area contributed by atoms with E-state index in [1.165, 1.54) is 24.3 Å². The van der Waals surface area contributed by atoms with Gasteiger partial charge in [-0.2, -0.15) is 8.78 Å². The molecule has 0 unspecified atom stereocenters. The number of hydrogen-bond acceptors (Lipinski definition) is 5. The van der Waals surface area contributed by atoms with E-state index in [4.69, 9.17) is 9.26 Å². The summed E-state index contributed by atoms with van der Waals surface area (Å²) in [6.45, 7) is 1.02. The molecule has 0 aliphatic heterocycles. The number of carbonyl (C=O) groups excluding carboxylic acids is 1. The van der Waals surface area contributed by atoms with Gasteiger partial charge in [0.15, 0.2) is 0 Å². The van der Waals surface area contributed by atoms with Gasteiger partial charge in [0.25, 0.3) is 5.91 Å². The number of nitrogens with zero attached hydrogens (tertiary/aromatic N) is 4. The average molecular weight is 390 g/mol. The van der Waals surface area contributed by atoms with Crippen molar-refractivity contribution in [2.75, 3.05) is 7.05 Å². The summed E-state index contributed by atoms with van der Waals surface area (Å²) in [6, 6.07) is 6.77. The lowest BCUT2D eigenvalue weighted by molar-refractivity contribution is 0.0611. The maximum Gasteiger partial charge on any atom is 0.319 e. The van der Waals surface area contributed by atoms with Gasteiger partial charge in [0.2, 0.25) is 0 Å². The van der Waals surface area contributed by atoms with E-state index in [1.54, 1.807) is 31.2 Å². The van der Waals surface area contributed by atoms with Crippen LogP contribution in [0.2, 0.25) is 0 Å². The SMILES string of the molecule is Cc1noc(C)c1COc1ccccc1C(=O)N(C)Cc1nccn1C(F)F. The van der Waals surface area contributed by atoms with Gasteiger partial charge in [0.05, 0.1) is 23.4 Å². The van der Waals surface area contributed by atoms with Gasteiger partial charge in [0.1, 0.15) is 23.9 Å². The van der Waals surface area contributed by atoms with Gasteiger partial charge >= 0.3 is 6.55 Å². The van der Waals surface area contributed by atoms with Crippen LogP contribution in [-0.4, -0.2) is 32.6 Å². The molecule has 0 N–H and O–H groups in total. The number of ether oxygens (including phenoxy) is 1. The fourth-order valence-corrected chi connectivity index (χ4v) is 2.76. The summed E-state index contributed by atoms with van der Waals surface area (Å²) in [7, 11) is 1.53. The summed E-state index contributed by atoms with van der Waals surface area (Å²) in [4.78, 5) is 18.1. The van der Waals surface area contributed by atoms with Crippen molar-refractivity contribution in [3.63, 3.8) is 0 Å². The standard InChI is InChI=1S/C19H20F2N4O3/c1-12-15(13(2)28-23-12)11-27-16-7-5-4-6-14(16)18(26)24(3)10-17-22-8-9-25(17)19(20)21/h4-9,19H,10-11H2,1-3H3. The van der Waals surface area contributed by atoms with Gasteiger partial charge in [-0.15, -0.1) is 0 Å². The van der Waals surface area contributed by atoms with Gasteiger partial charge in [-0.25, -0.2) is 4.98 Å². The molecule has 3 rings (SSSR count). The van der Waals surface area contributed by atoms with E-state index in [-0.39, 0.29) is 24.9 Å². The van der Waals surface area contributed by atoms with Gasteiger partial charge in [-0.3, -0.25) is 9.36 Å². The number of para-hydroxylation sites is 1. The molecule has 0 aliphatic rings. The number of alkyl halides is 2. The highest BCUT2D eigenvalue weighted by atomic mass is 19.3. The van der Waals surface area contributed by atoms with Gasteiger partial charge in [-0.1, -0.05) is 17.3 Å². The maximum atomic E-state index is 13.0. The maximum absolute atomic E-state index is 13.0. The van der Waals surface area contributed by atoms with Crippen molar-refractivity contribution in [3.8, 4) is 5.75 Å². The molecule has 1 aromatic carbocycles. The third-order valence-electron chi connectivity index (χ3n) is 4.36. The predicted octanol–water partition coefficient (Wildman–Crippen LogP) is 3.73. The van der Waals surface area contributed by atoms with E-state index in [9.17, 15) is 13.6 Å². The molecular formula is C19H20F2N4O3. The fourth-order valence-electron chi connectivity index (χ4n) is 2.76. The highest BCUT2D eigenvalue weighted by molar-refractivity contribution is 5.96. The number of hydrogen-bond donors (Lipinski definition) is 0. The molecule has 0 atom stereocenters. The first-order valence-corrected chi connectivity index (χ1v) is 8.57. The number of aryl methyl sites for hydroxylation is 2. The molecule has 28 heavy (non-hydrogen) atoms. The Bertz CT molecular complexity index is 948. The van der Waals surface area contributed by atoms with Crippen molar-refractivity contribution in [2.24, 2.45) is 0 Å². The molecule has 0 spiro atoms. The summed E-state index contributed by atoms with van der Waals surface area (Å²) < 4.78 is 37.6. The van der Waals surface area contributed by atoms with E-state index in [0.29, 0.717) is 17.1 Å². The van der Waals surface area contributed by atoms with E-state index < -0.39 is 6.55 Å². The van der Waals surface area contributed by atoms with Crippen LogP contribution in [0.4, 0.5) is 8.78 Å². The fraction of sp³-hybridized carbons (Fsp3) is 0.316. The van der Waals surface area contributed by atoms with Crippen LogP contribution in [-0.2, 0) is 13.2 Å². The third-order valence-corrected chi connectivity index (χ3v) is 4.36. The lowest BCUT2D eigenvalue weighted by Crippen LogP contribution is -2.28. The van der Waals surface area contributed by atoms with Gasteiger partial charge in [-0.05, 0) is 26.0 Å². The molecule has 0 fully saturated rings. The number of benzene rings is 1. The minimum absolute atomic E-state index is 0.0611. The van der Waals surface area contributed by atoms with E-state index >= 15 is 0 Å². The van der Waals surface area contributed by atoms with Crippen molar-refractivity contribution in [2.45, 2.75) is 33.5 Å². The Morgan fingerprint density at radius 1 is 1.32 bits per heavy atom. The van der Waals surface area contributed by atoms with Crippen LogP contribution >= 0.6 is 0 Å². The number of carbonyl (C=O) groups is 1. The molecule has 9 heteroatoms. The van der Waals surface area contributed by atoms with Crippen LogP contribution in [0.5, 0.6) is 5.75 Å². The second-order valence-corrected chi connectivity index (χ2v) is 6.28. The van der Waals surface area contributed by atoms with Crippen molar-refractivity contribution < 1.29 is 22.8 Å². The Balaban J connectivity index is 1.75. The van der Waals surface area contributed by atoms with Crippen LogP contribution in [0, 0.1) is 13.8 Å². The molecule has 2 heterocycles. The number of amides is 1. The summed E-state index contributed by atoms with van der Waals surface area (Å²) in [5.74, 6) is 0.770.